The van der Waals surface area contributed by atoms with E-state index in [9.17, 15) is 0 Å². The molecule has 1 heterocycles. The van der Waals surface area contributed by atoms with E-state index in [2.05, 4.69) is 6.92 Å². The summed E-state index contributed by atoms with van der Waals surface area (Å²) in [6.07, 6.45) is 2.56. The zero-order valence-corrected chi connectivity index (χ0v) is 6.09. The van der Waals surface area contributed by atoms with Crippen LogP contribution in [0.5, 0.6) is 0 Å². The third kappa shape index (κ3) is 1.95. The van der Waals surface area contributed by atoms with Crippen molar-refractivity contribution in [3.05, 3.63) is 0 Å². The Balaban J connectivity index is 2.14. The first kappa shape index (κ1) is 7.03. The van der Waals surface area contributed by atoms with Gasteiger partial charge in [-0.3, -0.25) is 0 Å². The van der Waals surface area contributed by atoms with Gasteiger partial charge in [0, 0.05) is 0 Å². The van der Waals surface area contributed by atoms with Crippen LogP contribution in [0.4, 0.5) is 0 Å². The molecule has 54 valence electrons. The Kier molecular flexibility index (Phi) is 2.49. The highest BCUT2D eigenvalue weighted by molar-refractivity contribution is 4.58. The average Bonchev–Trinajstić information content (AvgIpc) is 2.17. The fourth-order valence-corrected chi connectivity index (χ4v) is 0.968. The van der Waals surface area contributed by atoms with Gasteiger partial charge in [0.05, 0.1) is 12.7 Å². The molecule has 0 saturated carbocycles. The number of rotatable bonds is 2. The molecule has 2 atom stereocenters. The minimum absolute atomic E-state index is 0.0880. The summed E-state index contributed by atoms with van der Waals surface area (Å²) in [5.74, 6) is 0. The Morgan fingerprint density at radius 1 is 1.56 bits per heavy atom. The smallest absolute Gasteiger partial charge is 0.158 e. The van der Waals surface area contributed by atoms with E-state index in [0.29, 0.717) is 6.10 Å². The summed E-state index contributed by atoms with van der Waals surface area (Å²) in [5, 5.41) is 0. The standard InChI is InChI=1S/C7H14O2/c1-3-4-7-8-5-6(2)9-7/h6-7H,3-5H2,1-2H3/t6-,7?/m0/s1. The molecule has 0 aromatic heterocycles. The third-order valence-corrected chi connectivity index (χ3v) is 1.43. The molecular formula is C7H14O2. The van der Waals surface area contributed by atoms with Crippen LogP contribution in [0.25, 0.3) is 0 Å². The Morgan fingerprint density at radius 2 is 2.33 bits per heavy atom. The first-order valence-corrected chi connectivity index (χ1v) is 3.60. The van der Waals surface area contributed by atoms with Gasteiger partial charge in [-0.15, -0.1) is 0 Å². The maximum atomic E-state index is 5.38. The summed E-state index contributed by atoms with van der Waals surface area (Å²) < 4.78 is 10.7. The Hall–Kier alpha value is -0.0800. The molecule has 0 N–H and O–H groups in total. The molecule has 2 nitrogen and oxygen atoms in total. The maximum Gasteiger partial charge on any atom is 0.158 e. The highest BCUT2D eigenvalue weighted by Gasteiger charge is 2.20. The normalized spacial score (nSPS) is 35.3. The predicted octanol–water partition coefficient (Wildman–Crippen LogP) is 1.55. The van der Waals surface area contributed by atoms with Crippen LogP contribution in [0.2, 0.25) is 0 Å². The van der Waals surface area contributed by atoms with Crippen LogP contribution >= 0.6 is 0 Å². The van der Waals surface area contributed by atoms with Crippen LogP contribution in [0.3, 0.4) is 0 Å². The van der Waals surface area contributed by atoms with Crippen LogP contribution in [0, 0.1) is 0 Å². The van der Waals surface area contributed by atoms with Crippen molar-refractivity contribution < 1.29 is 9.47 Å². The molecule has 2 heteroatoms. The third-order valence-electron chi connectivity index (χ3n) is 1.43. The topological polar surface area (TPSA) is 18.5 Å². The molecule has 0 amide bonds. The molecule has 9 heavy (non-hydrogen) atoms. The molecule has 0 aromatic carbocycles. The van der Waals surface area contributed by atoms with Crippen LogP contribution < -0.4 is 0 Å². The monoisotopic (exact) mass is 130 g/mol. The average molecular weight is 130 g/mol. The van der Waals surface area contributed by atoms with Crippen LogP contribution in [0.1, 0.15) is 26.7 Å². The van der Waals surface area contributed by atoms with Crippen molar-refractivity contribution in [3.8, 4) is 0 Å². The SMILES string of the molecule is CCCC1OC[C@H](C)O1. The van der Waals surface area contributed by atoms with Crippen molar-refractivity contribution in [2.75, 3.05) is 6.61 Å². The molecule has 1 rings (SSSR count). The summed E-state index contributed by atoms with van der Waals surface area (Å²) in [6, 6.07) is 0. The number of hydrogen-bond donors (Lipinski definition) is 0. The lowest BCUT2D eigenvalue weighted by molar-refractivity contribution is -0.0593. The molecule has 1 aliphatic rings. The molecule has 1 fully saturated rings. The van der Waals surface area contributed by atoms with Crippen molar-refractivity contribution in [2.45, 2.75) is 39.1 Å². The summed E-state index contributed by atoms with van der Waals surface area (Å²) in [7, 11) is 0. The first-order valence-electron chi connectivity index (χ1n) is 3.60. The highest BCUT2D eigenvalue weighted by Crippen LogP contribution is 2.14. The molecule has 0 aliphatic carbocycles. The van der Waals surface area contributed by atoms with Crippen molar-refractivity contribution in [2.24, 2.45) is 0 Å². The van der Waals surface area contributed by atoms with Crippen molar-refractivity contribution in [1.29, 1.82) is 0 Å². The van der Waals surface area contributed by atoms with Gasteiger partial charge in [0.15, 0.2) is 6.29 Å². The van der Waals surface area contributed by atoms with Gasteiger partial charge >= 0.3 is 0 Å². The Labute approximate surface area is 56.2 Å². The number of ether oxygens (including phenoxy) is 2. The van der Waals surface area contributed by atoms with E-state index in [1.165, 1.54) is 0 Å². The first-order chi connectivity index (χ1) is 4.33. The minimum Gasteiger partial charge on any atom is -0.350 e. The van der Waals surface area contributed by atoms with Crippen molar-refractivity contribution >= 4 is 0 Å². The van der Waals surface area contributed by atoms with Gasteiger partial charge in [0.1, 0.15) is 0 Å². The van der Waals surface area contributed by atoms with Gasteiger partial charge in [0.2, 0.25) is 0 Å². The molecule has 1 saturated heterocycles. The van der Waals surface area contributed by atoms with Crippen LogP contribution in [-0.4, -0.2) is 19.0 Å². The molecule has 0 aromatic rings. The molecule has 0 bridgehead atoms. The second-order valence-electron chi connectivity index (χ2n) is 2.50. The van der Waals surface area contributed by atoms with E-state index < -0.39 is 0 Å². The molecule has 1 aliphatic heterocycles. The molecule has 0 spiro atoms. The fourth-order valence-electron chi connectivity index (χ4n) is 0.968. The van der Waals surface area contributed by atoms with E-state index in [1.807, 2.05) is 6.92 Å². The summed E-state index contributed by atoms with van der Waals surface area (Å²) in [4.78, 5) is 0. The second kappa shape index (κ2) is 3.18. The summed E-state index contributed by atoms with van der Waals surface area (Å²) >= 11 is 0. The van der Waals surface area contributed by atoms with Crippen LogP contribution in [0.15, 0.2) is 0 Å². The number of hydrogen-bond acceptors (Lipinski definition) is 2. The van der Waals surface area contributed by atoms with Gasteiger partial charge < -0.3 is 9.47 Å². The predicted molar refractivity (Wildman–Crippen MR) is 35.2 cm³/mol. The van der Waals surface area contributed by atoms with E-state index in [0.717, 1.165) is 19.4 Å². The summed E-state index contributed by atoms with van der Waals surface area (Å²) in [5.41, 5.74) is 0. The van der Waals surface area contributed by atoms with Crippen molar-refractivity contribution in [1.82, 2.24) is 0 Å². The van der Waals surface area contributed by atoms with Crippen LogP contribution in [-0.2, 0) is 9.47 Å². The van der Waals surface area contributed by atoms with Gasteiger partial charge in [-0.2, -0.15) is 0 Å². The zero-order valence-electron chi connectivity index (χ0n) is 6.09. The largest absolute Gasteiger partial charge is 0.350 e. The highest BCUT2D eigenvalue weighted by atomic mass is 16.7. The molecular weight excluding hydrogens is 116 g/mol. The van der Waals surface area contributed by atoms with E-state index in [1.54, 1.807) is 0 Å². The molecule has 1 unspecified atom stereocenters. The van der Waals surface area contributed by atoms with Gasteiger partial charge in [-0.1, -0.05) is 13.3 Å². The second-order valence-corrected chi connectivity index (χ2v) is 2.50. The van der Waals surface area contributed by atoms with E-state index >= 15 is 0 Å². The lowest BCUT2D eigenvalue weighted by Gasteiger charge is -2.06. The van der Waals surface area contributed by atoms with E-state index in [4.69, 9.17) is 9.47 Å². The minimum atomic E-state index is 0.0880. The quantitative estimate of drug-likeness (QED) is 0.564. The Morgan fingerprint density at radius 3 is 2.78 bits per heavy atom. The van der Waals surface area contributed by atoms with Gasteiger partial charge in [0.25, 0.3) is 0 Å². The Bertz CT molecular complexity index is 81.0. The van der Waals surface area contributed by atoms with Gasteiger partial charge in [-0.25, -0.2) is 0 Å². The lowest BCUT2D eigenvalue weighted by atomic mass is 10.3. The summed E-state index contributed by atoms with van der Waals surface area (Å²) in [6.45, 7) is 4.94. The lowest BCUT2D eigenvalue weighted by Crippen LogP contribution is -2.08. The maximum absolute atomic E-state index is 5.38. The zero-order chi connectivity index (χ0) is 6.69. The molecule has 0 radical (unpaired) electrons. The fraction of sp³-hybridized carbons (Fsp3) is 1.00. The van der Waals surface area contributed by atoms with E-state index in [-0.39, 0.29) is 6.29 Å². The van der Waals surface area contributed by atoms with Crippen molar-refractivity contribution in [3.63, 3.8) is 0 Å². The van der Waals surface area contributed by atoms with Gasteiger partial charge in [-0.05, 0) is 13.3 Å².